The van der Waals surface area contributed by atoms with Crippen molar-refractivity contribution in [2.24, 2.45) is 29.0 Å². The predicted octanol–water partition coefficient (Wildman–Crippen LogP) is -5.80. The van der Waals surface area contributed by atoms with E-state index in [1.807, 2.05) is 0 Å². The number of rotatable bonds is 24. The number of amides is 8. The van der Waals surface area contributed by atoms with E-state index in [2.05, 4.69) is 49.8 Å². The Balaban J connectivity index is 5.59. The van der Waals surface area contributed by atoms with Crippen molar-refractivity contribution < 1.29 is 48.6 Å². The molecule has 0 rings (SSSR count). The normalized spacial score (nSPS) is 15.2. The van der Waals surface area contributed by atoms with E-state index in [1.54, 1.807) is 27.7 Å². The molecule has 0 heterocycles. The molecule has 0 aromatic carbocycles. The minimum absolute atomic E-state index is 0.0119. The molecule has 0 saturated heterocycles. The van der Waals surface area contributed by atoms with Crippen molar-refractivity contribution in [3.8, 4) is 0 Å². The molecule has 292 valence electrons. The van der Waals surface area contributed by atoms with Crippen LogP contribution in [0.2, 0.25) is 0 Å². The second-order valence-electron chi connectivity index (χ2n) is 12.5. The van der Waals surface area contributed by atoms with Crippen molar-refractivity contribution in [2.75, 3.05) is 32.1 Å². The molecule has 0 radical (unpaired) electrons. The monoisotopic (exact) mass is 748 g/mol. The molecule has 0 aliphatic rings. The molecule has 20 nitrogen and oxygen atoms in total. The highest BCUT2D eigenvalue weighted by molar-refractivity contribution is 7.80. The van der Waals surface area contributed by atoms with Crippen molar-refractivity contribution in [1.82, 2.24) is 37.2 Å². The van der Waals surface area contributed by atoms with Crippen LogP contribution < -0.4 is 54.4 Å². The first-order chi connectivity index (χ1) is 23.8. The van der Waals surface area contributed by atoms with Crippen LogP contribution >= 0.6 is 12.6 Å². The minimum Gasteiger partial charge on any atom is -0.394 e. The van der Waals surface area contributed by atoms with Gasteiger partial charge in [-0.05, 0) is 44.6 Å². The quantitative estimate of drug-likeness (QED) is 0.0324. The Morgan fingerprint density at radius 2 is 1.14 bits per heavy atom. The maximum absolute atomic E-state index is 13.4. The molecule has 0 fully saturated rings. The average Bonchev–Trinajstić information content (AvgIpc) is 3.07. The standard InChI is InChI=1S/C30H56N10O10S/c1-14(2)22(29(49)35-16(5)25(45)39-23(15(3)4)30(50)37-19(11-41)24(33)44)40-28(48)18(8-6-7-9-31)36-21(43)10-34-27(47)20(12-42)38-26(46)17(32)13-51/h14-20,22-23,41-42,51H,6-13,31-32H2,1-5H3,(H2,33,44)(H,34,47)(H,35,49)(H,36,43)(H,37,50)(H,38,46)(H,39,45)(H,40,48)/t16-,17-,18-,19-,20-,22-,23-/m0/s1. The van der Waals surface area contributed by atoms with Gasteiger partial charge in [-0.3, -0.25) is 38.4 Å². The van der Waals surface area contributed by atoms with Gasteiger partial charge in [0.15, 0.2) is 0 Å². The van der Waals surface area contributed by atoms with Gasteiger partial charge in [-0.1, -0.05) is 27.7 Å². The predicted molar refractivity (Wildman–Crippen MR) is 188 cm³/mol. The van der Waals surface area contributed by atoms with Crippen molar-refractivity contribution in [1.29, 1.82) is 0 Å². The van der Waals surface area contributed by atoms with Crippen LogP contribution in [0.25, 0.3) is 0 Å². The van der Waals surface area contributed by atoms with Gasteiger partial charge in [-0.25, -0.2) is 0 Å². The fourth-order valence-electron chi connectivity index (χ4n) is 4.29. The molecule has 0 aromatic rings. The number of thiol groups is 1. The van der Waals surface area contributed by atoms with Crippen molar-refractivity contribution in [3.63, 3.8) is 0 Å². The molecule has 51 heavy (non-hydrogen) atoms. The smallest absolute Gasteiger partial charge is 0.245 e. The summed E-state index contributed by atoms with van der Waals surface area (Å²) in [6, 6.07) is -8.49. The van der Waals surface area contributed by atoms with E-state index in [4.69, 9.17) is 17.2 Å². The van der Waals surface area contributed by atoms with E-state index >= 15 is 0 Å². The second kappa shape index (κ2) is 24.2. The van der Waals surface area contributed by atoms with E-state index in [-0.39, 0.29) is 12.2 Å². The van der Waals surface area contributed by atoms with E-state index in [9.17, 15) is 48.6 Å². The van der Waals surface area contributed by atoms with Crippen LogP contribution in [0, 0.1) is 11.8 Å². The van der Waals surface area contributed by atoms with Gasteiger partial charge in [-0.15, -0.1) is 0 Å². The lowest BCUT2D eigenvalue weighted by Gasteiger charge is -2.28. The summed E-state index contributed by atoms with van der Waals surface area (Å²) in [5.74, 6) is -7.36. The molecule has 0 saturated carbocycles. The van der Waals surface area contributed by atoms with Gasteiger partial charge in [0, 0.05) is 5.75 Å². The largest absolute Gasteiger partial charge is 0.394 e. The summed E-state index contributed by atoms with van der Waals surface area (Å²) in [5, 5.41) is 35.7. The molecule has 0 aliphatic heterocycles. The first-order valence-corrected chi connectivity index (χ1v) is 17.1. The number of hydrogen-bond acceptors (Lipinski definition) is 13. The Bertz CT molecular complexity index is 1210. The number of aliphatic hydroxyl groups excluding tert-OH is 2. The average molecular weight is 749 g/mol. The third kappa shape index (κ3) is 17.1. The van der Waals surface area contributed by atoms with E-state index in [0.717, 1.165) is 0 Å². The van der Waals surface area contributed by atoms with E-state index in [0.29, 0.717) is 19.4 Å². The molecule has 7 atom stereocenters. The molecule has 0 bridgehead atoms. The van der Waals surface area contributed by atoms with Crippen LogP contribution in [-0.2, 0) is 38.4 Å². The van der Waals surface area contributed by atoms with Crippen molar-refractivity contribution in [3.05, 3.63) is 0 Å². The number of aliphatic hydroxyl groups is 2. The summed E-state index contributed by atoms with van der Waals surface area (Å²) in [6.07, 6.45) is 1.06. The maximum Gasteiger partial charge on any atom is 0.245 e. The lowest BCUT2D eigenvalue weighted by molar-refractivity contribution is -0.136. The minimum atomic E-state index is -1.40. The van der Waals surface area contributed by atoms with Crippen LogP contribution in [0.15, 0.2) is 0 Å². The number of carbonyl (C=O) groups is 8. The highest BCUT2D eigenvalue weighted by Gasteiger charge is 2.33. The van der Waals surface area contributed by atoms with E-state index < -0.39 is 121 Å². The third-order valence-corrected chi connectivity index (χ3v) is 7.85. The Hall–Kier alpha value is -4.05. The zero-order chi connectivity index (χ0) is 39.4. The highest BCUT2D eigenvalue weighted by Crippen LogP contribution is 2.08. The molecule has 21 heteroatoms. The first-order valence-electron chi connectivity index (χ1n) is 16.5. The lowest BCUT2D eigenvalue weighted by atomic mass is 10.0. The summed E-state index contributed by atoms with van der Waals surface area (Å²) in [7, 11) is 0. The maximum atomic E-state index is 13.4. The molecule has 0 spiro atoms. The van der Waals surface area contributed by atoms with Crippen molar-refractivity contribution in [2.45, 2.75) is 96.2 Å². The summed E-state index contributed by atoms with van der Waals surface area (Å²) in [6.45, 7) is 6.05. The summed E-state index contributed by atoms with van der Waals surface area (Å²) in [5.41, 5.74) is 16.3. The second-order valence-corrected chi connectivity index (χ2v) is 12.9. The number of unbranched alkanes of at least 4 members (excludes halogenated alkanes) is 1. The molecule has 15 N–H and O–H groups in total. The van der Waals surface area contributed by atoms with Crippen LogP contribution in [0.4, 0.5) is 0 Å². The third-order valence-electron chi connectivity index (χ3n) is 7.46. The molecule has 0 unspecified atom stereocenters. The van der Waals surface area contributed by atoms with Gasteiger partial charge in [0.2, 0.25) is 47.3 Å². The number of carbonyl (C=O) groups excluding carboxylic acids is 8. The fourth-order valence-corrected chi connectivity index (χ4v) is 4.46. The molecule has 0 aromatic heterocycles. The summed E-state index contributed by atoms with van der Waals surface area (Å²) < 4.78 is 0. The summed E-state index contributed by atoms with van der Waals surface area (Å²) >= 11 is 3.90. The molecule has 8 amide bonds. The zero-order valence-electron chi connectivity index (χ0n) is 29.7. The van der Waals surface area contributed by atoms with Crippen LogP contribution in [0.3, 0.4) is 0 Å². The van der Waals surface area contributed by atoms with Gasteiger partial charge >= 0.3 is 0 Å². The highest BCUT2D eigenvalue weighted by atomic mass is 32.1. The number of hydrogen-bond donors (Lipinski definition) is 13. The number of nitrogens with two attached hydrogens (primary N) is 3. The zero-order valence-corrected chi connectivity index (χ0v) is 30.6. The Labute approximate surface area is 302 Å². The number of primary amides is 1. The SMILES string of the molecule is CC(C)[C@H](NC(=O)[C@H](C)NC(=O)[C@@H](NC(=O)[C@H](CCCCN)NC(=O)CNC(=O)[C@H](CO)NC(=O)[C@@H](N)CS)C(C)C)C(=O)N[C@@H](CO)C(N)=O. The molecule has 0 aliphatic carbocycles. The van der Waals surface area contributed by atoms with Gasteiger partial charge in [-0.2, -0.15) is 12.6 Å². The van der Waals surface area contributed by atoms with Crippen LogP contribution in [-0.4, -0.2) is 132 Å². The Morgan fingerprint density at radius 1 is 0.627 bits per heavy atom. The molecular weight excluding hydrogens is 692 g/mol. The van der Waals surface area contributed by atoms with Gasteiger partial charge < -0.3 is 64.6 Å². The van der Waals surface area contributed by atoms with Crippen LogP contribution in [0.1, 0.15) is 53.9 Å². The summed E-state index contributed by atoms with van der Waals surface area (Å²) in [4.78, 5) is 101. The van der Waals surface area contributed by atoms with Crippen molar-refractivity contribution >= 4 is 59.9 Å². The fraction of sp³-hybridized carbons (Fsp3) is 0.733. The van der Waals surface area contributed by atoms with Gasteiger partial charge in [0.25, 0.3) is 0 Å². The Morgan fingerprint density at radius 3 is 1.61 bits per heavy atom. The van der Waals surface area contributed by atoms with E-state index in [1.165, 1.54) is 6.92 Å². The van der Waals surface area contributed by atoms with Crippen LogP contribution in [0.5, 0.6) is 0 Å². The Kier molecular flexibility index (Phi) is 22.3. The van der Waals surface area contributed by atoms with Gasteiger partial charge in [0.1, 0.15) is 36.3 Å². The van der Waals surface area contributed by atoms with Gasteiger partial charge in [0.05, 0.1) is 25.8 Å². The topological polar surface area (TPSA) is 339 Å². The number of nitrogens with one attached hydrogen (secondary N) is 7. The molecular formula is C30H56N10O10S. The lowest BCUT2D eigenvalue weighted by Crippen LogP contribution is -2.60. The first kappa shape index (κ1) is 47.0.